The minimum absolute atomic E-state index is 0.0116. The van der Waals surface area contributed by atoms with Gasteiger partial charge in [0.1, 0.15) is 6.04 Å². The number of nitrogens with one attached hydrogen (secondary N) is 2. The zero-order chi connectivity index (χ0) is 31.4. The number of amides is 4. The van der Waals surface area contributed by atoms with E-state index in [0.717, 1.165) is 61.9 Å². The molecule has 0 bridgehead atoms. The molecule has 2 aromatic rings. The van der Waals surface area contributed by atoms with E-state index in [0.29, 0.717) is 13.0 Å². The molecule has 0 spiro atoms. The predicted molar refractivity (Wildman–Crippen MR) is 155 cm³/mol. The first kappa shape index (κ1) is 31.1. The van der Waals surface area contributed by atoms with Crippen LogP contribution >= 0.6 is 0 Å². The number of carbonyl (C=O) groups is 3. The van der Waals surface area contributed by atoms with Crippen molar-refractivity contribution in [3.8, 4) is 6.07 Å². The summed E-state index contributed by atoms with van der Waals surface area (Å²) in [6.45, 7) is 1.08. The number of hydrogen-bond donors (Lipinski definition) is 2. The van der Waals surface area contributed by atoms with Crippen LogP contribution in [-0.2, 0) is 19.7 Å². The summed E-state index contributed by atoms with van der Waals surface area (Å²) in [7, 11) is 2.50. The number of rotatable bonds is 7. The van der Waals surface area contributed by atoms with Crippen LogP contribution in [0.2, 0.25) is 0 Å². The smallest absolute Gasteiger partial charge is 0.338 e. The predicted octanol–water partition coefficient (Wildman–Crippen LogP) is 4.29. The van der Waals surface area contributed by atoms with E-state index in [1.165, 1.54) is 13.2 Å². The van der Waals surface area contributed by atoms with Gasteiger partial charge in [-0.05, 0) is 55.4 Å². The molecule has 2 aromatic carbocycles. The van der Waals surface area contributed by atoms with Crippen molar-refractivity contribution >= 4 is 18.0 Å². The van der Waals surface area contributed by atoms with Crippen LogP contribution in [0.3, 0.4) is 0 Å². The molecule has 1 saturated carbocycles. The van der Waals surface area contributed by atoms with Crippen molar-refractivity contribution in [3.05, 3.63) is 82.6 Å². The van der Waals surface area contributed by atoms with Crippen molar-refractivity contribution in [3.63, 3.8) is 0 Å². The summed E-state index contributed by atoms with van der Waals surface area (Å²) >= 11 is 0. The Hall–Kier alpha value is -4.34. The number of methoxy groups -OCH3 is 2. The molecule has 1 saturated heterocycles. The SMILES string of the molecule is COCC1=C(C(=O)OC)C(c2ccc(F)c(F)c2)N(C(=O)NC2CCN(C3CCC(C#N)(c4ccccc4)CC3)C2)C(=O)N1. The number of benzene rings is 2. The third kappa shape index (κ3) is 6.02. The normalized spacial score (nSPS) is 25.8. The Kier molecular flexibility index (Phi) is 9.27. The van der Waals surface area contributed by atoms with Crippen molar-refractivity contribution < 1.29 is 32.6 Å². The number of carbonyl (C=O) groups excluding carboxylic acids is 3. The molecule has 0 aromatic heterocycles. The van der Waals surface area contributed by atoms with Gasteiger partial charge in [0.2, 0.25) is 0 Å². The van der Waals surface area contributed by atoms with Crippen LogP contribution in [0.5, 0.6) is 0 Å². The number of imide groups is 1. The highest BCUT2D eigenvalue weighted by molar-refractivity contribution is 6.01. The third-order valence-electron chi connectivity index (χ3n) is 8.92. The quantitative estimate of drug-likeness (QED) is 0.450. The van der Waals surface area contributed by atoms with Crippen LogP contribution in [0, 0.1) is 23.0 Å². The summed E-state index contributed by atoms with van der Waals surface area (Å²) in [6, 6.07) is 12.3. The van der Waals surface area contributed by atoms with Gasteiger partial charge in [-0.2, -0.15) is 5.26 Å². The molecule has 4 amide bonds. The Morgan fingerprint density at radius 2 is 1.82 bits per heavy atom. The Balaban J connectivity index is 1.32. The van der Waals surface area contributed by atoms with Crippen LogP contribution in [0.25, 0.3) is 0 Å². The van der Waals surface area contributed by atoms with Gasteiger partial charge in [0.25, 0.3) is 0 Å². The molecular formula is C32H35F2N5O5. The lowest BCUT2D eigenvalue weighted by Gasteiger charge is -2.39. The van der Waals surface area contributed by atoms with E-state index in [9.17, 15) is 28.4 Å². The van der Waals surface area contributed by atoms with Crippen LogP contribution in [-0.4, -0.2) is 73.8 Å². The molecule has 44 heavy (non-hydrogen) atoms. The lowest BCUT2D eigenvalue weighted by atomic mass is 9.69. The molecule has 5 rings (SSSR count). The number of hydrogen-bond acceptors (Lipinski definition) is 7. The highest BCUT2D eigenvalue weighted by Crippen LogP contribution is 2.41. The lowest BCUT2D eigenvalue weighted by Crippen LogP contribution is -2.57. The van der Waals surface area contributed by atoms with Gasteiger partial charge >= 0.3 is 18.0 Å². The minimum Gasteiger partial charge on any atom is -0.466 e. The number of urea groups is 2. The van der Waals surface area contributed by atoms with Crippen LogP contribution in [0.1, 0.15) is 49.3 Å². The first-order valence-corrected chi connectivity index (χ1v) is 14.6. The molecule has 2 N–H and O–H groups in total. The third-order valence-corrected chi connectivity index (χ3v) is 8.92. The van der Waals surface area contributed by atoms with Gasteiger partial charge in [-0.1, -0.05) is 36.4 Å². The average molecular weight is 608 g/mol. The molecular weight excluding hydrogens is 572 g/mol. The zero-order valence-corrected chi connectivity index (χ0v) is 24.6. The fraction of sp³-hybridized carbons (Fsp3) is 0.438. The second-order valence-corrected chi connectivity index (χ2v) is 11.4. The van der Waals surface area contributed by atoms with Gasteiger partial charge < -0.3 is 20.1 Å². The second-order valence-electron chi connectivity index (χ2n) is 11.4. The van der Waals surface area contributed by atoms with E-state index in [4.69, 9.17) is 9.47 Å². The number of halogens is 2. The molecule has 232 valence electrons. The van der Waals surface area contributed by atoms with Gasteiger partial charge in [-0.25, -0.2) is 28.1 Å². The van der Waals surface area contributed by atoms with E-state index in [2.05, 4.69) is 21.6 Å². The summed E-state index contributed by atoms with van der Waals surface area (Å²) in [5.74, 6) is -3.17. The number of likely N-dealkylation sites (tertiary alicyclic amines) is 1. The number of esters is 1. The van der Waals surface area contributed by atoms with Crippen LogP contribution in [0.4, 0.5) is 18.4 Å². The lowest BCUT2D eigenvalue weighted by molar-refractivity contribution is -0.137. The van der Waals surface area contributed by atoms with Crippen molar-refractivity contribution in [2.24, 2.45) is 0 Å². The summed E-state index contributed by atoms with van der Waals surface area (Å²) < 4.78 is 38.3. The van der Waals surface area contributed by atoms with E-state index in [1.54, 1.807) is 0 Å². The van der Waals surface area contributed by atoms with Gasteiger partial charge in [0, 0.05) is 32.3 Å². The highest BCUT2D eigenvalue weighted by atomic mass is 19.2. The summed E-state index contributed by atoms with van der Waals surface area (Å²) in [5, 5.41) is 15.5. The first-order valence-electron chi connectivity index (χ1n) is 14.6. The van der Waals surface area contributed by atoms with Gasteiger partial charge in [0.15, 0.2) is 11.6 Å². The monoisotopic (exact) mass is 607 g/mol. The highest BCUT2D eigenvalue weighted by Gasteiger charge is 2.45. The summed E-state index contributed by atoms with van der Waals surface area (Å²) in [4.78, 5) is 43.1. The molecule has 2 unspecified atom stereocenters. The van der Waals surface area contributed by atoms with E-state index in [1.807, 2.05) is 30.3 Å². The fourth-order valence-corrected chi connectivity index (χ4v) is 6.64. The number of nitriles is 1. The summed E-state index contributed by atoms with van der Waals surface area (Å²) in [6.07, 6.45) is 3.78. The molecule has 2 atom stereocenters. The largest absolute Gasteiger partial charge is 0.466 e. The molecule has 10 nitrogen and oxygen atoms in total. The Labute approximate surface area is 254 Å². The maximum atomic E-state index is 14.4. The number of ether oxygens (including phenoxy) is 2. The minimum atomic E-state index is -1.40. The molecule has 1 aliphatic carbocycles. The molecule has 3 aliphatic rings. The molecule has 0 radical (unpaired) electrons. The topological polar surface area (TPSA) is 124 Å². The van der Waals surface area contributed by atoms with Crippen LogP contribution in [0.15, 0.2) is 59.8 Å². The van der Waals surface area contributed by atoms with Crippen molar-refractivity contribution in [1.82, 2.24) is 20.4 Å². The van der Waals surface area contributed by atoms with Gasteiger partial charge in [-0.15, -0.1) is 0 Å². The van der Waals surface area contributed by atoms with Gasteiger partial charge in [-0.3, -0.25) is 4.90 Å². The van der Waals surface area contributed by atoms with Gasteiger partial charge in [0.05, 0.1) is 36.5 Å². The molecule has 2 aliphatic heterocycles. The molecule has 2 heterocycles. The Morgan fingerprint density at radius 3 is 2.45 bits per heavy atom. The zero-order valence-electron chi connectivity index (χ0n) is 24.6. The fourth-order valence-electron chi connectivity index (χ4n) is 6.64. The summed E-state index contributed by atoms with van der Waals surface area (Å²) in [5.41, 5.74) is 0.462. The van der Waals surface area contributed by atoms with E-state index < -0.39 is 41.1 Å². The van der Waals surface area contributed by atoms with E-state index >= 15 is 0 Å². The molecule has 12 heteroatoms. The maximum absolute atomic E-state index is 14.4. The number of nitrogens with zero attached hydrogens (tertiary/aromatic N) is 3. The maximum Gasteiger partial charge on any atom is 0.338 e. The second kappa shape index (κ2) is 13.1. The van der Waals surface area contributed by atoms with Crippen molar-refractivity contribution in [2.45, 2.75) is 55.6 Å². The molecule has 2 fully saturated rings. The van der Waals surface area contributed by atoms with Crippen molar-refractivity contribution in [2.75, 3.05) is 33.9 Å². The first-order chi connectivity index (χ1) is 21.2. The Morgan fingerprint density at radius 1 is 1.09 bits per heavy atom. The standard InChI is InChI=1S/C32H35F2N5O5/c1-43-18-26-27(29(40)44-2)28(20-8-9-24(33)25(34)16-20)39(31(42)37-26)30(41)36-22-12-15-38(17-22)23-10-13-32(19-35,14-11-23)21-6-4-3-5-7-21/h3-9,16,22-23,28H,10-15,17-18H2,1-2H3,(H,36,41)(H,37,42). The van der Waals surface area contributed by atoms with Crippen LogP contribution < -0.4 is 10.6 Å². The van der Waals surface area contributed by atoms with Crippen molar-refractivity contribution in [1.29, 1.82) is 5.26 Å². The average Bonchev–Trinajstić information content (AvgIpc) is 3.50. The Bertz CT molecular complexity index is 1490. The van der Waals surface area contributed by atoms with E-state index in [-0.39, 0.29) is 35.5 Å².